The molecule has 0 unspecified atom stereocenters. The number of ether oxygens (including phenoxy) is 1. The molecule has 0 aliphatic rings. The predicted octanol–water partition coefficient (Wildman–Crippen LogP) is 3.69. The molecule has 0 heterocycles. The van der Waals surface area contributed by atoms with E-state index in [2.05, 4.69) is 10.0 Å². The third-order valence-electron chi connectivity index (χ3n) is 3.57. The van der Waals surface area contributed by atoms with E-state index in [1.54, 1.807) is 30.3 Å². The number of amides is 1. The van der Waals surface area contributed by atoms with E-state index in [9.17, 15) is 13.2 Å². The summed E-state index contributed by atoms with van der Waals surface area (Å²) in [5.41, 5.74) is 0.631. The molecular formula is C19H23ClN2O4S. The van der Waals surface area contributed by atoms with E-state index in [-0.39, 0.29) is 27.5 Å². The second-order valence-electron chi connectivity index (χ2n) is 6.15. The maximum atomic E-state index is 12.6. The van der Waals surface area contributed by atoms with Crippen molar-refractivity contribution in [3.8, 4) is 0 Å². The predicted molar refractivity (Wildman–Crippen MR) is 107 cm³/mol. The lowest BCUT2D eigenvalue weighted by atomic mass is 10.2. The van der Waals surface area contributed by atoms with Crippen LogP contribution in [0.4, 0.5) is 5.69 Å². The van der Waals surface area contributed by atoms with Crippen molar-refractivity contribution in [2.45, 2.75) is 31.3 Å². The molecular weight excluding hydrogens is 388 g/mol. The lowest BCUT2D eigenvalue weighted by Crippen LogP contribution is -2.26. The summed E-state index contributed by atoms with van der Waals surface area (Å²) in [4.78, 5) is 12.1. The minimum Gasteiger partial charge on any atom is -0.379 e. The maximum Gasteiger partial charge on any atom is 0.263 e. The minimum absolute atomic E-state index is 0.0420. The summed E-state index contributed by atoms with van der Waals surface area (Å²) in [5.74, 6) is -0.368. The van der Waals surface area contributed by atoms with Gasteiger partial charge in [0.25, 0.3) is 15.9 Å². The maximum absolute atomic E-state index is 12.6. The van der Waals surface area contributed by atoms with Crippen LogP contribution in [0, 0.1) is 0 Å². The van der Waals surface area contributed by atoms with Crippen LogP contribution in [0.5, 0.6) is 0 Å². The van der Waals surface area contributed by atoms with Gasteiger partial charge < -0.3 is 10.1 Å². The standard InChI is InChI=1S/C19H23ClN2O4S/c1-14(2)26-12-6-11-21-19(23)15-9-10-17(20)18(13-15)27(24,25)22-16-7-4-3-5-8-16/h3-5,7-10,13-14,22H,6,11-12H2,1-2H3,(H,21,23). The zero-order valence-corrected chi connectivity index (χ0v) is 16.8. The fraction of sp³-hybridized carbons (Fsp3) is 0.316. The normalized spacial score (nSPS) is 11.4. The largest absolute Gasteiger partial charge is 0.379 e. The highest BCUT2D eigenvalue weighted by Crippen LogP contribution is 2.25. The van der Waals surface area contributed by atoms with Crippen molar-refractivity contribution >= 4 is 33.2 Å². The van der Waals surface area contributed by atoms with Gasteiger partial charge in [-0.15, -0.1) is 0 Å². The van der Waals surface area contributed by atoms with E-state index < -0.39 is 10.0 Å². The second-order valence-corrected chi connectivity index (χ2v) is 8.20. The number of hydrogen-bond acceptors (Lipinski definition) is 4. The highest BCUT2D eigenvalue weighted by molar-refractivity contribution is 7.92. The van der Waals surface area contributed by atoms with Crippen molar-refractivity contribution in [3.63, 3.8) is 0 Å². The number of sulfonamides is 1. The first kappa shape index (κ1) is 21.2. The van der Waals surface area contributed by atoms with Crippen LogP contribution in [0.2, 0.25) is 5.02 Å². The molecule has 0 radical (unpaired) electrons. The summed E-state index contributed by atoms with van der Waals surface area (Å²) in [6, 6.07) is 12.6. The van der Waals surface area contributed by atoms with E-state index in [0.717, 1.165) is 0 Å². The van der Waals surface area contributed by atoms with Crippen LogP contribution in [-0.2, 0) is 14.8 Å². The molecule has 6 nitrogen and oxygen atoms in total. The Morgan fingerprint density at radius 1 is 1.15 bits per heavy atom. The van der Waals surface area contributed by atoms with Gasteiger partial charge in [-0.05, 0) is 50.6 Å². The number of nitrogens with one attached hydrogen (secondary N) is 2. The van der Waals surface area contributed by atoms with Crippen LogP contribution < -0.4 is 10.0 Å². The molecule has 2 aromatic carbocycles. The average Bonchev–Trinajstić information content (AvgIpc) is 2.61. The van der Waals surface area contributed by atoms with Gasteiger partial charge in [0.2, 0.25) is 0 Å². The Hall–Kier alpha value is -2.09. The molecule has 1 amide bonds. The Balaban J connectivity index is 2.07. The molecule has 0 aliphatic carbocycles. The second kappa shape index (κ2) is 9.73. The zero-order valence-electron chi connectivity index (χ0n) is 15.2. The summed E-state index contributed by atoms with van der Waals surface area (Å²) in [6.07, 6.45) is 0.806. The molecule has 0 saturated carbocycles. The van der Waals surface area contributed by atoms with Crippen LogP contribution in [-0.4, -0.2) is 33.6 Å². The molecule has 0 saturated heterocycles. The molecule has 8 heteroatoms. The lowest BCUT2D eigenvalue weighted by molar-refractivity contribution is 0.0757. The Labute approximate surface area is 164 Å². The number of para-hydroxylation sites is 1. The highest BCUT2D eigenvalue weighted by Gasteiger charge is 2.20. The molecule has 0 spiro atoms. The van der Waals surface area contributed by atoms with Gasteiger partial charge in [-0.25, -0.2) is 8.42 Å². The van der Waals surface area contributed by atoms with Crippen LogP contribution in [0.3, 0.4) is 0 Å². The third-order valence-corrected chi connectivity index (χ3v) is 5.43. The number of anilines is 1. The van der Waals surface area contributed by atoms with Gasteiger partial charge in [-0.2, -0.15) is 0 Å². The van der Waals surface area contributed by atoms with Crippen LogP contribution in [0.25, 0.3) is 0 Å². The first-order valence-electron chi connectivity index (χ1n) is 8.57. The lowest BCUT2D eigenvalue weighted by Gasteiger charge is -2.12. The third kappa shape index (κ3) is 6.53. The van der Waals surface area contributed by atoms with Crippen molar-refractivity contribution < 1.29 is 17.9 Å². The van der Waals surface area contributed by atoms with Crippen LogP contribution in [0.15, 0.2) is 53.4 Å². The molecule has 146 valence electrons. The summed E-state index contributed by atoms with van der Waals surface area (Å²) >= 11 is 6.06. The topological polar surface area (TPSA) is 84.5 Å². The Morgan fingerprint density at radius 3 is 2.52 bits per heavy atom. The van der Waals surface area contributed by atoms with Crippen molar-refractivity contribution in [1.82, 2.24) is 5.32 Å². The summed E-state index contributed by atoms with van der Waals surface area (Å²) in [7, 11) is -3.92. The molecule has 0 atom stereocenters. The molecule has 2 aromatic rings. The molecule has 27 heavy (non-hydrogen) atoms. The van der Waals surface area contributed by atoms with Gasteiger partial charge in [0.05, 0.1) is 11.1 Å². The number of rotatable bonds is 9. The van der Waals surface area contributed by atoms with Gasteiger partial charge in [0.15, 0.2) is 0 Å². The first-order valence-corrected chi connectivity index (χ1v) is 10.4. The highest BCUT2D eigenvalue weighted by atomic mass is 35.5. The number of halogens is 1. The summed E-state index contributed by atoms with van der Waals surface area (Å²) < 4.78 is 33.1. The number of benzene rings is 2. The number of carbonyl (C=O) groups excluding carboxylic acids is 1. The van der Waals surface area contributed by atoms with E-state index >= 15 is 0 Å². The Bertz CT molecular complexity index is 871. The smallest absolute Gasteiger partial charge is 0.263 e. The van der Waals surface area contributed by atoms with Crippen LogP contribution in [0.1, 0.15) is 30.6 Å². The van der Waals surface area contributed by atoms with Gasteiger partial charge in [-0.3, -0.25) is 9.52 Å². The Morgan fingerprint density at radius 2 is 1.85 bits per heavy atom. The molecule has 0 bridgehead atoms. The van der Waals surface area contributed by atoms with Crippen molar-refractivity contribution in [1.29, 1.82) is 0 Å². The fourth-order valence-electron chi connectivity index (χ4n) is 2.26. The molecule has 0 aromatic heterocycles. The molecule has 0 fully saturated rings. The van der Waals surface area contributed by atoms with E-state index in [4.69, 9.17) is 16.3 Å². The quantitative estimate of drug-likeness (QED) is 0.617. The first-order chi connectivity index (χ1) is 12.8. The summed E-state index contributed by atoms with van der Waals surface area (Å²) in [5, 5.41) is 2.79. The van der Waals surface area contributed by atoms with Gasteiger partial charge >= 0.3 is 0 Å². The monoisotopic (exact) mass is 410 g/mol. The summed E-state index contributed by atoms with van der Waals surface area (Å²) in [6.45, 7) is 4.85. The van der Waals surface area contributed by atoms with E-state index in [1.807, 2.05) is 13.8 Å². The van der Waals surface area contributed by atoms with E-state index in [0.29, 0.717) is 25.3 Å². The average molecular weight is 411 g/mol. The van der Waals surface area contributed by atoms with Crippen molar-refractivity contribution in [2.24, 2.45) is 0 Å². The zero-order chi connectivity index (χ0) is 19.9. The van der Waals surface area contributed by atoms with Crippen molar-refractivity contribution in [2.75, 3.05) is 17.9 Å². The van der Waals surface area contributed by atoms with E-state index in [1.165, 1.54) is 18.2 Å². The molecule has 0 aliphatic heterocycles. The SMILES string of the molecule is CC(C)OCCCNC(=O)c1ccc(Cl)c(S(=O)(=O)Nc2ccccc2)c1. The van der Waals surface area contributed by atoms with Gasteiger partial charge in [0.1, 0.15) is 4.90 Å². The van der Waals surface area contributed by atoms with Gasteiger partial charge in [-0.1, -0.05) is 29.8 Å². The van der Waals surface area contributed by atoms with Crippen molar-refractivity contribution in [3.05, 3.63) is 59.1 Å². The Kier molecular flexibility index (Phi) is 7.65. The van der Waals surface area contributed by atoms with Gasteiger partial charge in [0, 0.05) is 24.4 Å². The van der Waals surface area contributed by atoms with Crippen LogP contribution >= 0.6 is 11.6 Å². The number of carbonyl (C=O) groups is 1. The fourth-order valence-corrected chi connectivity index (χ4v) is 3.85. The molecule has 2 rings (SSSR count). The minimum atomic E-state index is -3.92. The molecule has 2 N–H and O–H groups in total. The number of hydrogen-bond donors (Lipinski definition) is 2.